The Labute approximate surface area is 162 Å². The summed E-state index contributed by atoms with van der Waals surface area (Å²) in [5.41, 5.74) is 5.30. The molecule has 6 N–H and O–H groups in total. The van der Waals surface area contributed by atoms with E-state index in [4.69, 9.17) is 20.4 Å². The lowest BCUT2D eigenvalue weighted by Crippen LogP contribution is -2.58. The van der Waals surface area contributed by atoms with Gasteiger partial charge in [0.15, 0.2) is 0 Å². The summed E-state index contributed by atoms with van der Waals surface area (Å²) in [6.45, 7) is -0.375. The van der Waals surface area contributed by atoms with Crippen molar-refractivity contribution >= 4 is 23.9 Å². The molecule has 160 valence electrons. The van der Waals surface area contributed by atoms with Crippen LogP contribution in [0.4, 0.5) is 0 Å². The first-order valence-corrected chi connectivity index (χ1v) is 9.04. The van der Waals surface area contributed by atoms with Crippen LogP contribution in [0.25, 0.3) is 0 Å². The van der Waals surface area contributed by atoms with E-state index in [0.29, 0.717) is 32.2 Å². The lowest BCUT2D eigenvalue weighted by molar-refractivity contribution is -0.144. The number of hydrogen-bond acceptors (Lipinski definition) is 8. The van der Waals surface area contributed by atoms with Crippen molar-refractivity contribution in [3.8, 4) is 0 Å². The summed E-state index contributed by atoms with van der Waals surface area (Å²) in [6, 6.07) is 0. The smallest absolute Gasteiger partial charge is 0.319 e. The first-order valence-electron chi connectivity index (χ1n) is 9.04. The van der Waals surface area contributed by atoms with Gasteiger partial charge in [0.2, 0.25) is 0 Å². The predicted molar refractivity (Wildman–Crippen MR) is 94.6 cm³/mol. The molecule has 2 atom stereocenters. The molecule has 0 aromatic heterocycles. The van der Waals surface area contributed by atoms with Crippen molar-refractivity contribution in [3.63, 3.8) is 0 Å². The number of rotatable bonds is 8. The first-order chi connectivity index (χ1) is 13.2. The zero-order valence-corrected chi connectivity index (χ0v) is 15.5. The molecule has 0 spiro atoms. The van der Waals surface area contributed by atoms with Gasteiger partial charge >= 0.3 is 23.9 Å². The maximum atomic E-state index is 11.2. The molecule has 1 rings (SSSR count). The third kappa shape index (κ3) is 10.8. The number of aliphatic carboxylic acids is 4. The molecule has 1 saturated heterocycles. The van der Waals surface area contributed by atoms with Crippen LogP contribution in [0.15, 0.2) is 0 Å². The van der Waals surface area contributed by atoms with E-state index < -0.39 is 36.3 Å². The Morgan fingerprint density at radius 1 is 0.714 bits per heavy atom. The van der Waals surface area contributed by atoms with Crippen molar-refractivity contribution in [2.24, 2.45) is 11.8 Å². The largest absolute Gasteiger partial charge is 0.481 e. The minimum atomic E-state index is -1.14. The van der Waals surface area contributed by atoms with Gasteiger partial charge in [-0.2, -0.15) is 11.1 Å². The van der Waals surface area contributed by atoms with E-state index in [-0.39, 0.29) is 31.8 Å². The molecule has 2 unspecified atom stereocenters. The molecule has 0 bridgehead atoms. The fourth-order valence-corrected chi connectivity index (χ4v) is 3.25. The Morgan fingerprint density at radius 3 is 1.79 bits per heavy atom. The SMILES string of the molecule is O=C(O)CC1CCCN(CC(=O)O)NNN(CC(=O)O)CC(CC(=O)O)CC1. The van der Waals surface area contributed by atoms with E-state index in [2.05, 4.69) is 11.1 Å². The second-order valence-electron chi connectivity index (χ2n) is 6.96. The van der Waals surface area contributed by atoms with Crippen LogP contribution in [0.3, 0.4) is 0 Å². The van der Waals surface area contributed by atoms with Gasteiger partial charge in [-0.15, -0.1) is 0 Å². The van der Waals surface area contributed by atoms with Gasteiger partial charge in [0, 0.05) is 25.9 Å². The highest BCUT2D eigenvalue weighted by atomic mass is 16.4. The van der Waals surface area contributed by atoms with Crippen LogP contribution in [-0.4, -0.2) is 80.5 Å². The second kappa shape index (κ2) is 12.2. The third-order valence-corrected chi connectivity index (χ3v) is 4.45. The molecular formula is C16H28N4O8. The van der Waals surface area contributed by atoms with E-state index >= 15 is 0 Å². The highest BCUT2D eigenvalue weighted by Gasteiger charge is 2.23. The standard InChI is InChI=1S/C16H28N4O8/c21-13(22)6-11-2-1-5-19(9-15(25)26)17-18-20(10-16(27)28)8-12(4-3-11)7-14(23)24/h11-12,17-18H,1-10H2,(H,21,22)(H,23,24)(H,25,26)(H,27,28). The molecule has 0 radical (unpaired) electrons. The van der Waals surface area contributed by atoms with Gasteiger partial charge < -0.3 is 20.4 Å². The van der Waals surface area contributed by atoms with Crippen molar-refractivity contribution in [2.75, 3.05) is 26.2 Å². The number of nitrogens with zero attached hydrogens (tertiary/aromatic N) is 2. The molecule has 28 heavy (non-hydrogen) atoms. The fourth-order valence-electron chi connectivity index (χ4n) is 3.25. The average molecular weight is 404 g/mol. The van der Waals surface area contributed by atoms with Gasteiger partial charge in [0.25, 0.3) is 0 Å². The maximum absolute atomic E-state index is 11.2. The molecule has 0 aromatic rings. The van der Waals surface area contributed by atoms with E-state index in [0.717, 1.165) is 0 Å². The summed E-state index contributed by atoms with van der Waals surface area (Å²) in [5.74, 6) is -4.75. The predicted octanol–water partition coefficient (Wildman–Crippen LogP) is -0.560. The molecular weight excluding hydrogens is 376 g/mol. The first kappa shape index (κ1) is 23.8. The van der Waals surface area contributed by atoms with E-state index in [1.807, 2.05) is 0 Å². The molecule has 0 aromatic carbocycles. The Morgan fingerprint density at radius 2 is 1.21 bits per heavy atom. The molecule has 0 aliphatic carbocycles. The van der Waals surface area contributed by atoms with Gasteiger partial charge in [-0.1, -0.05) is 0 Å². The van der Waals surface area contributed by atoms with Crippen LogP contribution < -0.4 is 11.1 Å². The zero-order chi connectivity index (χ0) is 21.1. The molecule has 1 aliphatic heterocycles. The van der Waals surface area contributed by atoms with Gasteiger partial charge in [0.1, 0.15) is 13.1 Å². The number of carboxylic acid groups (broad SMARTS) is 4. The Balaban J connectivity index is 2.95. The molecule has 12 heteroatoms. The summed E-state index contributed by atoms with van der Waals surface area (Å²) in [7, 11) is 0. The quantitative estimate of drug-likeness (QED) is 0.304. The third-order valence-electron chi connectivity index (χ3n) is 4.45. The molecule has 1 fully saturated rings. The number of carbonyl (C=O) groups is 4. The minimum absolute atomic E-state index is 0.0523. The van der Waals surface area contributed by atoms with Crippen LogP contribution >= 0.6 is 0 Å². The molecule has 0 amide bonds. The van der Waals surface area contributed by atoms with Crippen LogP contribution in [0.1, 0.15) is 38.5 Å². The van der Waals surface area contributed by atoms with Crippen LogP contribution in [0.2, 0.25) is 0 Å². The van der Waals surface area contributed by atoms with Crippen molar-refractivity contribution in [1.29, 1.82) is 0 Å². The average Bonchev–Trinajstić information content (AvgIpc) is 2.53. The molecule has 0 saturated carbocycles. The Bertz CT molecular complexity index is 513. The zero-order valence-electron chi connectivity index (χ0n) is 15.5. The van der Waals surface area contributed by atoms with Crippen LogP contribution in [0.5, 0.6) is 0 Å². The van der Waals surface area contributed by atoms with Crippen LogP contribution in [0, 0.1) is 11.8 Å². The summed E-state index contributed by atoms with van der Waals surface area (Å²) in [6.07, 6.45) is 1.79. The normalized spacial score (nSPS) is 23.3. The maximum Gasteiger partial charge on any atom is 0.319 e. The fraction of sp³-hybridized carbons (Fsp3) is 0.750. The van der Waals surface area contributed by atoms with Crippen LogP contribution in [-0.2, 0) is 19.2 Å². The van der Waals surface area contributed by atoms with Gasteiger partial charge in [0.05, 0.1) is 0 Å². The number of carboxylic acids is 4. The molecule has 1 aliphatic rings. The monoisotopic (exact) mass is 404 g/mol. The van der Waals surface area contributed by atoms with Gasteiger partial charge in [-0.05, 0) is 37.5 Å². The summed E-state index contributed by atoms with van der Waals surface area (Å²) in [4.78, 5) is 44.4. The van der Waals surface area contributed by atoms with Crippen molar-refractivity contribution < 1.29 is 39.6 Å². The van der Waals surface area contributed by atoms with E-state index in [9.17, 15) is 19.2 Å². The van der Waals surface area contributed by atoms with E-state index in [1.54, 1.807) is 0 Å². The molecule has 12 nitrogen and oxygen atoms in total. The van der Waals surface area contributed by atoms with Crippen molar-refractivity contribution in [1.82, 2.24) is 21.1 Å². The minimum Gasteiger partial charge on any atom is -0.481 e. The van der Waals surface area contributed by atoms with Crippen molar-refractivity contribution in [2.45, 2.75) is 38.5 Å². The summed E-state index contributed by atoms with van der Waals surface area (Å²) < 4.78 is 0. The Hall–Kier alpha value is -2.28. The number of hydrogen-bond donors (Lipinski definition) is 6. The number of hydrazine groups is 3. The summed E-state index contributed by atoms with van der Waals surface area (Å²) >= 11 is 0. The second-order valence-corrected chi connectivity index (χ2v) is 6.96. The van der Waals surface area contributed by atoms with E-state index in [1.165, 1.54) is 10.0 Å². The van der Waals surface area contributed by atoms with Crippen molar-refractivity contribution in [3.05, 3.63) is 0 Å². The molecule has 1 heterocycles. The lowest BCUT2D eigenvalue weighted by atomic mass is 9.88. The van der Waals surface area contributed by atoms with Gasteiger partial charge in [-0.25, -0.2) is 10.0 Å². The highest BCUT2D eigenvalue weighted by molar-refractivity contribution is 5.69. The highest BCUT2D eigenvalue weighted by Crippen LogP contribution is 2.23. The topological polar surface area (TPSA) is 180 Å². The number of nitrogens with one attached hydrogen (secondary N) is 2. The Kier molecular flexibility index (Phi) is 10.4. The van der Waals surface area contributed by atoms with Gasteiger partial charge in [-0.3, -0.25) is 19.2 Å². The summed E-state index contributed by atoms with van der Waals surface area (Å²) in [5, 5.41) is 39.0. The lowest BCUT2D eigenvalue weighted by Gasteiger charge is -2.31.